The zero-order chi connectivity index (χ0) is 22.6. The van der Waals surface area contributed by atoms with Gasteiger partial charge in [-0.3, -0.25) is 4.79 Å². The van der Waals surface area contributed by atoms with Crippen LogP contribution >= 0.6 is 0 Å². The molecule has 12 heteroatoms. The first-order chi connectivity index (χ1) is 14.7. The normalized spacial score (nSPS) is 16.8. The molecule has 2 aromatic rings. The molecule has 3 rings (SSSR count). The van der Waals surface area contributed by atoms with Gasteiger partial charge in [-0.25, -0.2) is 28.4 Å². The number of alkyl halides is 2. The molecule has 10 nitrogen and oxygen atoms in total. The Hall–Kier alpha value is -3.83. The number of hydrogen-bond donors (Lipinski definition) is 2. The first-order valence-electron chi connectivity index (χ1n) is 9.27. The van der Waals surface area contributed by atoms with E-state index in [1.54, 1.807) is 0 Å². The number of nitrogen functional groups attached to an aromatic ring is 1. The van der Waals surface area contributed by atoms with Gasteiger partial charge in [0.1, 0.15) is 17.3 Å². The van der Waals surface area contributed by atoms with Crippen molar-refractivity contribution in [2.45, 2.75) is 18.8 Å². The molecule has 164 valence electrons. The molecule has 0 radical (unpaired) electrons. The van der Waals surface area contributed by atoms with E-state index < -0.39 is 24.7 Å². The molecule has 0 aliphatic carbocycles. The molecule has 0 spiro atoms. The minimum atomic E-state index is -2.77. The van der Waals surface area contributed by atoms with Crippen molar-refractivity contribution in [3.05, 3.63) is 42.2 Å². The lowest BCUT2D eigenvalue weighted by Crippen LogP contribution is -2.42. The first kappa shape index (κ1) is 21.9. The maximum Gasteiger partial charge on any atom is 0.274 e. The van der Waals surface area contributed by atoms with E-state index >= 15 is 0 Å². The summed E-state index contributed by atoms with van der Waals surface area (Å²) in [4.78, 5) is 26.1. The van der Waals surface area contributed by atoms with E-state index in [-0.39, 0.29) is 36.3 Å². The van der Waals surface area contributed by atoms with Crippen molar-refractivity contribution in [2.24, 2.45) is 10.7 Å². The lowest BCUT2D eigenvalue weighted by molar-refractivity contribution is -0.0495. The number of hydrogen-bond acceptors (Lipinski definition) is 8. The summed E-state index contributed by atoms with van der Waals surface area (Å²) in [6, 6.07) is 1.47. The maximum atomic E-state index is 13.4. The van der Waals surface area contributed by atoms with Crippen LogP contribution in [0, 0.1) is 0 Å². The number of halogens is 2. The van der Waals surface area contributed by atoms with Gasteiger partial charge >= 0.3 is 0 Å². The number of piperidine rings is 1. The summed E-state index contributed by atoms with van der Waals surface area (Å²) in [5, 5.41) is 4.28. The van der Waals surface area contributed by atoms with Gasteiger partial charge in [-0.15, -0.1) is 0 Å². The minimum absolute atomic E-state index is 0.0352. The Balaban J connectivity index is 1.99. The Labute approximate surface area is 176 Å². The molecule has 31 heavy (non-hydrogen) atoms. The first-order valence-corrected chi connectivity index (χ1v) is 9.27. The lowest BCUT2D eigenvalue weighted by Gasteiger charge is -2.31. The summed E-state index contributed by atoms with van der Waals surface area (Å²) in [6.07, 6.45) is 4.91. The predicted octanol–water partition coefficient (Wildman–Crippen LogP) is 1.74. The second-order valence-corrected chi connectivity index (χ2v) is 6.76. The van der Waals surface area contributed by atoms with Gasteiger partial charge in [-0.05, 0) is 18.9 Å². The van der Waals surface area contributed by atoms with Gasteiger partial charge in [-0.1, -0.05) is 0 Å². The average molecular weight is 432 g/mol. The Morgan fingerprint density at radius 2 is 2.00 bits per heavy atom. The van der Waals surface area contributed by atoms with Crippen molar-refractivity contribution in [3.8, 4) is 11.4 Å². The monoisotopic (exact) mass is 432 g/mol. The van der Waals surface area contributed by atoms with Crippen molar-refractivity contribution >= 4 is 24.3 Å². The quantitative estimate of drug-likeness (QED) is 0.403. The molecule has 2 aromatic heterocycles. The third kappa shape index (κ3) is 5.02. The number of allylic oxidation sites excluding steroid dienone is 2. The van der Waals surface area contributed by atoms with Gasteiger partial charge in [0.15, 0.2) is 5.69 Å². The summed E-state index contributed by atoms with van der Waals surface area (Å²) in [5.41, 5.74) is 12.5. The zero-order valence-electron chi connectivity index (χ0n) is 16.8. The summed E-state index contributed by atoms with van der Waals surface area (Å²) in [6.45, 7) is 3.25. The number of nitrogens with zero attached hydrogens (tertiary/aromatic N) is 6. The molecule has 1 saturated heterocycles. The maximum absolute atomic E-state index is 13.4. The molecule has 0 aromatic carbocycles. The molecule has 0 saturated carbocycles. The number of nitrogens with two attached hydrogens (primary N) is 2. The van der Waals surface area contributed by atoms with E-state index in [1.807, 2.05) is 0 Å². The number of amides is 1. The Kier molecular flexibility index (Phi) is 6.28. The molecule has 3 heterocycles. The van der Waals surface area contributed by atoms with Crippen LogP contribution in [0.4, 0.5) is 14.6 Å². The highest BCUT2D eigenvalue weighted by Crippen LogP contribution is 2.29. The predicted molar refractivity (Wildman–Crippen MR) is 111 cm³/mol. The van der Waals surface area contributed by atoms with Gasteiger partial charge in [0, 0.05) is 32.0 Å². The van der Waals surface area contributed by atoms with E-state index in [9.17, 15) is 13.6 Å². The number of ether oxygens (including phenoxy) is 1. The van der Waals surface area contributed by atoms with Crippen LogP contribution in [0.25, 0.3) is 17.2 Å². The van der Waals surface area contributed by atoms with Crippen LogP contribution in [0.1, 0.15) is 23.3 Å². The number of carbonyl (C=O) groups is 1. The summed E-state index contributed by atoms with van der Waals surface area (Å²) in [7, 11) is 1.42. The van der Waals surface area contributed by atoms with Crippen molar-refractivity contribution < 1.29 is 18.3 Å². The van der Waals surface area contributed by atoms with Crippen LogP contribution in [0.5, 0.6) is 0 Å². The Morgan fingerprint density at radius 1 is 1.29 bits per heavy atom. The van der Waals surface area contributed by atoms with Crippen molar-refractivity contribution in [1.29, 1.82) is 0 Å². The third-order valence-corrected chi connectivity index (χ3v) is 4.65. The highest BCUT2D eigenvalue weighted by atomic mass is 19.3. The lowest BCUT2D eigenvalue weighted by atomic mass is 10.1. The molecule has 1 aliphatic heterocycles. The fourth-order valence-corrected chi connectivity index (χ4v) is 2.95. The van der Waals surface area contributed by atoms with Crippen LogP contribution in [-0.4, -0.2) is 63.4 Å². The number of carbonyl (C=O) groups excluding carboxylic acids is 1. The second kappa shape index (κ2) is 8.90. The van der Waals surface area contributed by atoms with E-state index in [4.69, 9.17) is 16.2 Å². The van der Waals surface area contributed by atoms with Crippen molar-refractivity contribution in [3.63, 3.8) is 0 Å². The van der Waals surface area contributed by atoms with E-state index in [2.05, 4.69) is 26.8 Å². The topological polar surface area (TPSA) is 138 Å². The fraction of sp³-hybridized carbons (Fsp3) is 0.316. The zero-order valence-corrected chi connectivity index (χ0v) is 16.8. The van der Waals surface area contributed by atoms with E-state index in [1.165, 1.54) is 47.3 Å². The number of aromatic nitrogens is 4. The van der Waals surface area contributed by atoms with Crippen LogP contribution in [-0.2, 0) is 4.74 Å². The number of rotatable bonds is 6. The van der Waals surface area contributed by atoms with Gasteiger partial charge in [0.05, 0.1) is 25.2 Å². The molecular formula is C19H22F2N8O2. The largest absolute Gasteiger partial charge is 0.481 e. The van der Waals surface area contributed by atoms with Crippen LogP contribution < -0.4 is 11.5 Å². The van der Waals surface area contributed by atoms with Crippen molar-refractivity contribution in [1.82, 2.24) is 24.6 Å². The van der Waals surface area contributed by atoms with Crippen LogP contribution in [0.2, 0.25) is 0 Å². The highest BCUT2D eigenvalue weighted by Gasteiger charge is 2.36. The number of likely N-dealkylation sites (tertiary alicyclic amines) is 1. The van der Waals surface area contributed by atoms with Gasteiger partial charge in [0.2, 0.25) is 5.88 Å². The van der Waals surface area contributed by atoms with Crippen LogP contribution in [0.3, 0.4) is 0 Å². The smallest absolute Gasteiger partial charge is 0.274 e. The average Bonchev–Trinajstić information content (AvgIpc) is 3.20. The molecule has 4 N–H and O–H groups in total. The number of methoxy groups -OCH3 is 1. The van der Waals surface area contributed by atoms with Gasteiger partial charge in [-0.2, -0.15) is 5.10 Å². The molecule has 1 aliphatic rings. The SMILES string of the molecule is C=N/C(=C\C=C(/N)n1nc(C(=O)N2CCC(F)(F)CC2)cc1-c1cnc(N)cn1)OC. The van der Waals surface area contributed by atoms with E-state index in [0.717, 1.165) is 0 Å². The number of aliphatic imine (C=N–C) groups is 1. The Morgan fingerprint density at radius 3 is 2.58 bits per heavy atom. The standard InChI is InChI=1S/C19H22F2N8O2/c1-24-17(31-2)4-3-16(23)29-14(13-10-26-15(22)11-25-13)9-12(27-29)18(30)28-7-5-19(20,21)6-8-28/h3-4,9-11H,1,5-8,23H2,2H3,(H2,22,26)/b16-3+,17-4+. The molecule has 0 atom stereocenters. The fourth-order valence-electron chi connectivity index (χ4n) is 2.95. The van der Waals surface area contributed by atoms with Crippen LogP contribution in [0.15, 0.2) is 41.5 Å². The second-order valence-electron chi connectivity index (χ2n) is 6.76. The van der Waals surface area contributed by atoms with Crippen molar-refractivity contribution in [2.75, 3.05) is 25.9 Å². The molecular weight excluding hydrogens is 410 g/mol. The summed E-state index contributed by atoms with van der Waals surface area (Å²) >= 11 is 0. The Bertz CT molecular complexity index is 1020. The molecule has 1 amide bonds. The molecule has 1 fully saturated rings. The number of anilines is 1. The highest BCUT2D eigenvalue weighted by molar-refractivity contribution is 5.93. The third-order valence-electron chi connectivity index (χ3n) is 4.65. The summed E-state index contributed by atoms with van der Waals surface area (Å²) < 4.78 is 33.2. The van der Waals surface area contributed by atoms with Gasteiger partial charge in [0.25, 0.3) is 11.8 Å². The van der Waals surface area contributed by atoms with Gasteiger partial charge < -0.3 is 21.1 Å². The minimum Gasteiger partial charge on any atom is -0.481 e. The molecule has 0 bridgehead atoms. The van der Waals surface area contributed by atoms with E-state index in [0.29, 0.717) is 11.4 Å². The summed E-state index contributed by atoms with van der Waals surface area (Å²) in [5.74, 6) is -2.69. The molecule has 0 unspecified atom stereocenters.